The first-order valence-electron chi connectivity index (χ1n) is 6.41. The second kappa shape index (κ2) is 6.29. The smallest absolute Gasteiger partial charge is 0.307 e. The Bertz CT molecular complexity index is 524. The average molecular weight is 276 g/mol. The van der Waals surface area contributed by atoms with Gasteiger partial charge in [0, 0.05) is 13.0 Å². The van der Waals surface area contributed by atoms with Crippen molar-refractivity contribution in [3.05, 3.63) is 35.4 Å². The van der Waals surface area contributed by atoms with Crippen molar-refractivity contribution in [2.75, 3.05) is 0 Å². The minimum absolute atomic E-state index is 0.000844. The van der Waals surface area contributed by atoms with E-state index in [1.807, 2.05) is 12.1 Å². The fraction of sp³-hybridized carbons (Fsp3) is 0.357. The Hall–Kier alpha value is -2.21. The lowest BCUT2D eigenvalue weighted by atomic mass is 10.1. The molecule has 0 radical (unpaired) electrons. The lowest BCUT2D eigenvalue weighted by Crippen LogP contribution is -2.50. The molecule has 6 heteroatoms. The summed E-state index contributed by atoms with van der Waals surface area (Å²) in [6, 6.07) is 6.82. The lowest BCUT2D eigenvalue weighted by molar-refractivity contribution is -0.137. The van der Waals surface area contributed by atoms with E-state index in [4.69, 9.17) is 5.11 Å². The molecule has 2 rings (SSSR count). The van der Waals surface area contributed by atoms with Crippen LogP contribution in [0.5, 0.6) is 0 Å². The summed E-state index contributed by atoms with van der Waals surface area (Å²) in [5, 5.41) is 14.1. The molecule has 1 unspecified atom stereocenters. The zero-order chi connectivity index (χ0) is 14.5. The number of carboxylic acids is 1. The third-order valence-corrected chi connectivity index (χ3v) is 3.17. The summed E-state index contributed by atoms with van der Waals surface area (Å²) in [5.74, 6) is -1.38. The molecule has 0 saturated carbocycles. The Kier molecular flexibility index (Phi) is 4.47. The molecule has 2 amide bonds. The highest BCUT2D eigenvalue weighted by Gasteiger charge is 2.25. The number of hydrogen-bond donors (Lipinski definition) is 3. The first-order chi connectivity index (χ1) is 9.54. The Morgan fingerprint density at radius 2 is 1.90 bits per heavy atom. The van der Waals surface area contributed by atoms with E-state index in [2.05, 4.69) is 10.6 Å². The van der Waals surface area contributed by atoms with E-state index in [9.17, 15) is 14.4 Å². The van der Waals surface area contributed by atoms with Crippen LogP contribution in [-0.2, 0) is 27.3 Å². The number of hydrogen-bond acceptors (Lipinski definition) is 4. The minimum Gasteiger partial charge on any atom is -0.481 e. The molecule has 1 heterocycles. The second-order valence-electron chi connectivity index (χ2n) is 4.77. The lowest BCUT2D eigenvalue weighted by Gasteiger charge is -2.21. The summed E-state index contributed by atoms with van der Waals surface area (Å²) in [6.45, 7) is 0.500. The van der Waals surface area contributed by atoms with Crippen molar-refractivity contribution in [3.63, 3.8) is 0 Å². The van der Waals surface area contributed by atoms with Crippen molar-refractivity contribution in [2.45, 2.75) is 31.8 Å². The molecule has 1 atom stereocenters. The Morgan fingerprint density at radius 3 is 2.50 bits per heavy atom. The van der Waals surface area contributed by atoms with Gasteiger partial charge >= 0.3 is 5.97 Å². The van der Waals surface area contributed by atoms with E-state index in [0.717, 1.165) is 11.1 Å². The molecule has 1 saturated heterocycles. The van der Waals surface area contributed by atoms with Gasteiger partial charge in [0.25, 0.3) is 0 Å². The normalized spacial score (nSPS) is 18.7. The fourth-order valence-electron chi connectivity index (χ4n) is 2.08. The maximum Gasteiger partial charge on any atom is 0.307 e. The topological polar surface area (TPSA) is 95.5 Å². The third-order valence-electron chi connectivity index (χ3n) is 3.17. The highest BCUT2D eigenvalue weighted by atomic mass is 16.4. The Labute approximate surface area is 116 Å². The highest BCUT2D eigenvalue weighted by Crippen LogP contribution is 2.08. The monoisotopic (exact) mass is 276 g/mol. The summed E-state index contributed by atoms with van der Waals surface area (Å²) in [4.78, 5) is 33.1. The second-order valence-corrected chi connectivity index (χ2v) is 4.77. The summed E-state index contributed by atoms with van der Waals surface area (Å²) < 4.78 is 0. The number of benzene rings is 1. The molecule has 0 bridgehead atoms. The number of rotatable bonds is 5. The first kappa shape index (κ1) is 14.2. The number of carboxylic acid groups (broad SMARTS) is 1. The SMILES string of the molecule is O=C(O)Cc1ccc(CNC2CCC(=O)NC2=O)cc1. The third kappa shape index (κ3) is 3.89. The van der Waals surface area contributed by atoms with Crippen LogP contribution in [0, 0.1) is 0 Å². The standard InChI is InChI=1S/C14H16N2O4/c17-12-6-5-11(14(20)16-12)15-8-10-3-1-9(2-4-10)7-13(18)19/h1-4,11,15H,5-8H2,(H,18,19)(H,16,17,20). The predicted molar refractivity (Wildman–Crippen MR) is 70.8 cm³/mol. The molecule has 1 aliphatic heterocycles. The zero-order valence-electron chi connectivity index (χ0n) is 10.9. The van der Waals surface area contributed by atoms with E-state index in [-0.39, 0.29) is 24.3 Å². The van der Waals surface area contributed by atoms with Crippen LogP contribution in [0.25, 0.3) is 0 Å². The van der Waals surface area contributed by atoms with Gasteiger partial charge in [-0.15, -0.1) is 0 Å². The largest absolute Gasteiger partial charge is 0.481 e. The molecule has 0 aromatic heterocycles. The highest BCUT2D eigenvalue weighted by molar-refractivity contribution is 6.00. The minimum atomic E-state index is -0.862. The van der Waals surface area contributed by atoms with Gasteiger partial charge in [0.1, 0.15) is 0 Å². The van der Waals surface area contributed by atoms with Crippen LogP contribution in [-0.4, -0.2) is 28.9 Å². The van der Waals surface area contributed by atoms with Crippen LogP contribution in [0.2, 0.25) is 0 Å². The van der Waals surface area contributed by atoms with Gasteiger partial charge in [-0.05, 0) is 17.5 Å². The predicted octanol–water partition coefficient (Wildman–Crippen LogP) is 0.209. The number of amides is 2. The fourth-order valence-corrected chi connectivity index (χ4v) is 2.08. The van der Waals surface area contributed by atoms with Gasteiger partial charge in [0.05, 0.1) is 12.5 Å². The molecule has 1 fully saturated rings. The molecule has 0 spiro atoms. The molecule has 6 nitrogen and oxygen atoms in total. The maximum absolute atomic E-state index is 11.5. The van der Waals surface area contributed by atoms with Gasteiger partial charge in [-0.2, -0.15) is 0 Å². The van der Waals surface area contributed by atoms with Crippen LogP contribution < -0.4 is 10.6 Å². The number of carbonyl (C=O) groups is 3. The molecule has 1 aliphatic rings. The summed E-state index contributed by atoms with van der Waals surface area (Å²) in [7, 11) is 0. The van der Waals surface area contributed by atoms with Crippen LogP contribution in [0.15, 0.2) is 24.3 Å². The van der Waals surface area contributed by atoms with Crippen LogP contribution in [0.3, 0.4) is 0 Å². The van der Waals surface area contributed by atoms with Crippen molar-refractivity contribution in [1.29, 1.82) is 0 Å². The van der Waals surface area contributed by atoms with Gasteiger partial charge in [0.15, 0.2) is 0 Å². The number of nitrogens with one attached hydrogen (secondary N) is 2. The number of carbonyl (C=O) groups excluding carboxylic acids is 2. The van der Waals surface area contributed by atoms with Gasteiger partial charge in [-0.3, -0.25) is 19.7 Å². The summed E-state index contributed by atoms with van der Waals surface area (Å²) in [6.07, 6.45) is 0.851. The molecular formula is C14H16N2O4. The number of imide groups is 1. The van der Waals surface area contributed by atoms with Crippen molar-refractivity contribution in [1.82, 2.24) is 10.6 Å². The quantitative estimate of drug-likeness (QED) is 0.668. The van der Waals surface area contributed by atoms with E-state index < -0.39 is 5.97 Å². The van der Waals surface area contributed by atoms with E-state index in [1.165, 1.54) is 0 Å². The van der Waals surface area contributed by atoms with Gasteiger partial charge < -0.3 is 10.4 Å². The Balaban J connectivity index is 1.86. The summed E-state index contributed by atoms with van der Waals surface area (Å²) in [5.41, 5.74) is 1.70. The maximum atomic E-state index is 11.5. The van der Waals surface area contributed by atoms with Crippen LogP contribution >= 0.6 is 0 Å². The summed E-state index contributed by atoms with van der Waals surface area (Å²) >= 11 is 0. The number of piperidine rings is 1. The van der Waals surface area contributed by atoms with Gasteiger partial charge in [-0.25, -0.2) is 0 Å². The van der Waals surface area contributed by atoms with Crippen LogP contribution in [0.4, 0.5) is 0 Å². The molecule has 1 aromatic rings. The molecule has 20 heavy (non-hydrogen) atoms. The Morgan fingerprint density at radius 1 is 1.25 bits per heavy atom. The van der Waals surface area contributed by atoms with Gasteiger partial charge in [-0.1, -0.05) is 24.3 Å². The molecule has 3 N–H and O–H groups in total. The molecule has 1 aromatic carbocycles. The van der Waals surface area contributed by atoms with E-state index >= 15 is 0 Å². The molecule has 0 aliphatic carbocycles. The molecule has 106 valence electrons. The zero-order valence-corrected chi connectivity index (χ0v) is 10.9. The first-order valence-corrected chi connectivity index (χ1v) is 6.41. The van der Waals surface area contributed by atoms with Crippen molar-refractivity contribution < 1.29 is 19.5 Å². The van der Waals surface area contributed by atoms with E-state index in [0.29, 0.717) is 19.4 Å². The van der Waals surface area contributed by atoms with Crippen molar-refractivity contribution in [3.8, 4) is 0 Å². The van der Waals surface area contributed by atoms with Crippen molar-refractivity contribution in [2.24, 2.45) is 0 Å². The average Bonchev–Trinajstić information content (AvgIpc) is 2.39. The van der Waals surface area contributed by atoms with Crippen molar-refractivity contribution >= 4 is 17.8 Å². The number of aliphatic carboxylic acids is 1. The van der Waals surface area contributed by atoms with Gasteiger partial charge in [0.2, 0.25) is 11.8 Å². The molecular weight excluding hydrogens is 260 g/mol. The van der Waals surface area contributed by atoms with E-state index in [1.54, 1.807) is 12.1 Å². The van der Waals surface area contributed by atoms with Crippen LogP contribution in [0.1, 0.15) is 24.0 Å².